The predicted octanol–water partition coefficient (Wildman–Crippen LogP) is 3.23. The van der Waals surface area contributed by atoms with Gasteiger partial charge in [0, 0.05) is 5.56 Å². The highest BCUT2D eigenvalue weighted by molar-refractivity contribution is 7.92. The SMILES string of the molecule is CC(C)S(=O)(=O)c1cccc(C(=O)Nc2nnc(Cc3ccc(F)cc3)o2)c1. The zero-order valence-electron chi connectivity index (χ0n) is 15.2. The number of amides is 1. The molecule has 0 fully saturated rings. The lowest BCUT2D eigenvalue weighted by molar-refractivity contribution is 0.102. The van der Waals surface area contributed by atoms with Gasteiger partial charge in [-0.05, 0) is 49.7 Å². The van der Waals surface area contributed by atoms with E-state index >= 15 is 0 Å². The minimum absolute atomic E-state index is 0.0673. The molecule has 9 heteroatoms. The van der Waals surface area contributed by atoms with E-state index < -0.39 is 21.0 Å². The van der Waals surface area contributed by atoms with Crippen LogP contribution in [0.15, 0.2) is 57.8 Å². The van der Waals surface area contributed by atoms with Crippen LogP contribution >= 0.6 is 0 Å². The van der Waals surface area contributed by atoms with Gasteiger partial charge in [0.15, 0.2) is 9.84 Å². The van der Waals surface area contributed by atoms with Crippen LogP contribution in [0, 0.1) is 5.82 Å². The van der Waals surface area contributed by atoms with Crippen molar-refractivity contribution in [2.75, 3.05) is 5.32 Å². The maximum absolute atomic E-state index is 12.9. The average Bonchev–Trinajstić information content (AvgIpc) is 3.10. The third kappa shape index (κ3) is 4.42. The van der Waals surface area contributed by atoms with Crippen LogP contribution in [0.2, 0.25) is 0 Å². The molecule has 3 rings (SSSR count). The van der Waals surface area contributed by atoms with Crippen molar-refractivity contribution < 1.29 is 22.0 Å². The van der Waals surface area contributed by atoms with Crippen LogP contribution in [-0.2, 0) is 16.3 Å². The molecule has 0 aliphatic heterocycles. The number of carbonyl (C=O) groups excluding carboxylic acids is 1. The van der Waals surface area contributed by atoms with Crippen molar-refractivity contribution in [3.8, 4) is 0 Å². The van der Waals surface area contributed by atoms with E-state index in [1.807, 2.05) is 0 Å². The monoisotopic (exact) mass is 403 g/mol. The summed E-state index contributed by atoms with van der Waals surface area (Å²) in [4.78, 5) is 12.5. The van der Waals surface area contributed by atoms with Gasteiger partial charge in [0.1, 0.15) is 5.82 Å². The molecule has 0 saturated heterocycles. The first-order chi connectivity index (χ1) is 13.3. The zero-order valence-corrected chi connectivity index (χ0v) is 16.0. The lowest BCUT2D eigenvalue weighted by Gasteiger charge is -2.09. The summed E-state index contributed by atoms with van der Waals surface area (Å²) in [5.41, 5.74) is 0.925. The van der Waals surface area contributed by atoms with E-state index in [9.17, 15) is 17.6 Å². The number of aromatic nitrogens is 2. The van der Waals surface area contributed by atoms with Crippen LogP contribution in [0.4, 0.5) is 10.4 Å². The second-order valence-electron chi connectivity index (χ2n) is 6.38. The van der Waals surface area contributed by atoms with Crippen molar-refractivity contribution in [3.05, 3.63) is 71.4 Å². The molecular formula is C19H18FN3O4S. The number of sulfone groups is 1. The lowest BCUT2D eigenvalue weighted by Crippen LogP contribution is -2.16. The van der Waals surface area contributed by atoms with E-state index in [2.05, 4.69) is 15.5 Å². The van der Waals surface area contributed by atoms with E-state index in [0.717, 1.165) is 5.56 Å². The van der Waals surface area contributed by atoms with Crippen LogP contribution < -0.4 is 5.32 Å². The number of halogens is 1. The Hall–Kier alpha value is -3.07. The van der Waals surface area contributed by atoms with Crippen LogP contribution in [0.1, 0.15) is 35.7 Å². The molecule has 0 bridgehead atoms. The van der Waals surface area contributed by atoms with E-state index in [4.69, 9.17) is 4.42 Å². The highest BCUT2D eigenvalue weighted by Crippen LogP contribution is 2.18. The molecule has 1 heterocycles. The van der Waals surface area contributed by atoms with Crippen molar-refractivity contribution in [1.29, 1.82) is 0 Å². The fourth-order valence-electron chi connectivity index (χ4n) is 2.41. The molecule has 0 spiro atoms. The topological polar surface area (TPSA) is 102 Å². The number of anilines is 1. The van der Waals surface area contributed by atoms with Crippen molar-refractivity contribution >= 4 is 21.8 Å². The number of nitrogens with one attached hydrogen (secondary N) is 1. The van der Waals surface area contributed by atoms with Gasteiger partial charge in [0.2, 0.25) is 5.89 Å². The fraction of sp³-hybridized carbons (Fsp3) is 0.211. The second-order valence-corrected chi connectivity index (χ2v) is 8.88. The Kier molecular flexibility index (Phi) is 5.55. The van der Waals surface area contributed by atoms with Crippen molar-refractivity contribution in [2.45, 2.75) is 30.4 Å². The van der Waals surface area contributed by atoms with E-state index in [0.29, 0.717) is 0 Å². The standard InChI is InChI=1S/C19H18FN3O4S/c1-12(2)28(25,26)16-5-3-4-14(11-16)18(24)21-19-23-22-17(27-19)10-13-6-8-15(20)9-7-13/h3-9,11-12H,10H2,1-2H3,(H,21,23,24). The number of hydrogen-bond acceptors (Lipinski definition) is 6. The van der Waals surface area contributed by atoms with Gasteiger partial charge in [-0.25, -0.2) is 12.8 Å². The molecule has 28 heavy (non-hydrogen) atoms. The molecular weight excluding hydrogens is 385 g/mol. The minimum Gasteiger partial charge on any atom is -0.407 e. The Bertz CT molecular complexity index is 1090. The predicted molar refractivity (Wildman–Crippen MR) is 100 cm³/mol. The minimum atomic E-state index is -3.50. The molecule has 1 amide bonds. The third-order valence-corrected chi connectivity index (χ3v) is 6.15. The molecule has 0 aliphatic rings. The highest BCUT2D eigenvalue weighted by atomic mass is 32.2. The summed E-state index contributed by atoms with van der Waals surface area (Å²) < 4.78 is 42.9. The molecule has 0 atom stereocenters. The Morgan fingerprint density at radius 1 is 1.14 bits per heavy atom. The second kappa shape index (κ2) is 7.89. The Morgan fingerprint density at radius 2 is 1.86 bits per heavy atom. The number of benzene rings is 2. The van der Waals surface area contributed by atoms with Crippen LogP contribution in [0.3, 0.4) is 0 Å². The smallest absolute Gasteiger partial charge is 0.322 e. The van der Waals surface area contributed by atoms with Crippen molar-refractivity contribution in [2.24, 2.45) is 0 Å². The van der Waals surface area contributed by atoms with E-state index in [1.165, 1.54) is 36.4 Å². The lowest BCUT2D eigenvalue weighted by atomic mass is 10.1. The molecule has 3 aromatic rings. The molecule has 1 aromatic heterocycles. The van der Waals surface area contributed by atoms with Crippen LogP contribution in [-0.4, -0.2) is 29.8 Å². The van der Waals surface area contributed by atoms with Gasteiger partial charge in [-0.3, -0.25) is 10.1 Å². The Morgan fingerprint density at radius 3 is 2.54 bits per heavy atom. The summed E-state index contributed by atoms with van der Waals surface area (Å²) in [5, 5.41) is 9.44. The van der Waals surface area contributed by atoms with Crippen molar-refractivity contribution in [1.82, 2.24) is 10.2 Å². The molecule has 0 saturated carbocycles. The van der Waals surface area contributed by atoms with Crippen LogP contribution in [0.25, 0.3) is 0 Å². The maximum atomic E-state index is 12.9. The molecule has 146 valence electrons. The van der Waals surface area contributed by atoms with Crippen LogP contribution in [0.5, 0.6) is 0 Å². The molecule has 7 nitrogen and oxygen atoms in total. The van der Waals surface area contributed by atoms with E-state index in [-0.39, 0.29) is 34.6 Å². The van der Waals surface area contributed by atoms with Gasteiger partial charge in [-0.2, -0.15) is 0 Å². The first-order valence-electron chi connectivity index (χ1n) is 8.48. The third-order valence-electron chi connectivity index (χ3n) is 4.00. The average molecular weight is 403 g/mol. The van der Waals surface area contributed by atoms with Gasteiger partial charge in [-0.1, -0.05) is 23.3 Å². The fourth-order valence-corrected chi connectivity index (χ4v) is 3.51. The van der Waals surface area contributed by atoms with Gasteiger partial charge >= 0.3 is 6.01 Å². The van der Waals surface area contributed by atoms with Gasteiger partial charge in [0.25, 0.3) is 5.91 Å². The summed E-state index contributed by atoms with van der Waals surface area (Å²) in [7, 11) is -3.50. The first kappa shape index (κ1) is 19.7. The highest BCUT2D eigenvalue weighted by Gasteiger charge is 2.21. The summed E-state index contributed by atoms with van der Waals surface area (Å²) in [5.74, 6) is -0.667. The number of rotatable bonds is 6. The Balaban J connectivity index is 1.72. The molecule has 2 aromatic carbocycles. The zero-order chi connectivity index (χ0) is 20.3. The number of nitrogens with zero attached hydrogens (tertiary/aromatic N) is 2. The van der Waals surface area contributed by atoms with E-state index in [1.54, 1.807) is 26.0 Å². The summed E-state index contributed by atoms with van der Waals surface area (Å²) in [6, 6.07) is 11.5. The summed E-state index contributed by atoms with van der Waals surface area (Å²) in [6.45, 7) is 3.15. The molecule has 0 unspecified atom stereocenters. The summed E-state index contributed by atoms with van der Waals surface area (Å²) in [6.07, 6.45) is 0.283. The number of hydrogen-bond donors (Lipinski definition) is 1. The van der Waals surface area contributed by atoms with Gasteiger partial charge in [0.05, 0.1) is 16.6 Å². The van der Waals surface area contributed by atoms with Gasteiger partial charge < -0.3 is 4.42 Å². The molecule has 0 radical (unpaired) electrons. The molecule has 0 aliphatic carbocycles. The quantitative estimate of drug-likeness (QED) is 0.678. The van der Waals surface area contributed by atoms with Crippen molar-refractivity contribution in [3.63, 3.8) is 0 Å². The van der Waals surface area contributed by atoms with Gasteiger partial charge in [-0.15, -0.1) is 5.10 Å². The number of carbonyl (C=O) groups is 1. The Labute approximate surface area is 161 Å². The summed E-state index contributed by atoms with van der Waals surface area (Å²) >= 11 is 0. The largest absolute Gasteiger partial charge is 0.407 e. The molecule has 1 N–H and O–H groups in total. The first-order valence-corrected chi connectivity index (χ1v) is 10.0. The normalized spacial score (nSPS) is 11.6. The maximum Gasteiger partial charge on any atom is 0.322 e.